The first-order valence-corrected chi connectivity index (χ1v) is 7.35. The first-order chi connectivity index (χ1) is 8.75. The van der Waals surface area contributed by atoms with Gasteiger partial charge < -0.3 is 15.0 Å². The van der Waals surface area contributed by atoms with Crippen LogP contribution in [0.15, 0.2) is 16.9 Å². The van der Waals surface area contributed by atoms with E-state index < -0.39 is 0 Å². The maximum atomic E-state index is 6.24. The molecule has 1 aliphatic heterocycles. The summed E-state index contributed by atoms with van der Waals surface area (Å²) in [6.45, 7) is 11.0. The Morgan fingerprint density at radius 3 is 2.68 bits per heavy atom. The van der Waals surface area contributed by atoms with Crippen LogP contribution in [-0.4, -0.2) is 24.8 Å². The van der Waals surface area contributed by atoms with Crippen molar-refractivity contribution in [3.05, 3.63) is 16.9 Å². The molecule has 0 aromatic heterocycles. The molecule has 4 heteroatoms. The van der Waals surface area contributed by atoms with Crippen molar-refractivity contribution >= 4 is 7.12 Å². The second kappa shape index (κ2) is 3.99. The van der Waals surface area contributed by atoms with Crippen LogP contribution in [0, 0.1) is 11.3 Å². The molecule has 0 unspecified atom stereocenters. The molecule has 0 spiro atoms. The monoisotopic (exact) mass is 261 g/mol. The SMILES string of the molecule is CC(C)C[C@H](N)B1O[C@@H]2CC3=C=C(C3(C)C)[C@]2(C)O1. The fraction of sp³-hybridized carbons (Fsp3) is 0.800. The molecule has 0 radical (unpaired) electrons. The Kier molecular flexibility index (Phi) is 2.82. The molecule has 19 heavy (non-hydrogen) atoms. The Hall–Kier alpha value is -0.535. The zero-order valence-corrected chi connectivity index (χ0v) is 12.6. The molecule has 0 aromatic rings. The summed E-state index contributed by atoms with van der Waals surface area (Å²) < 4.78 is 12.3. The fourth-order valence-electron chi connectivity index (χ4n) is 3.73. The molecule has 3 nitrogen and oxygen atoms in total. The van der Waals surface area contributed by atoms with E-state index in [4.69, 9.17) is 15.0 Å². The van der Waals surface area contributed by atoms with Gasteiger partial charge in [-0.05, 0) is 24.8 Å². The number of hydrogen-bond donors (Lipinski definition) is 1. The maximum Gasteiger partial charge on any atom is 0.475 e. The summed E-state index contributed by atoms with van der Waals surface area (Å²) in [6.07, 6.45) is 1.98. The summed E-state index contributed by atoms with van der Waals surface area (Å²) in [4.78, 5) is 0. The van der Waals surface area contributed by atoms with Crippen LogP contribution in [0.2, 0.25) is 0 Å². The lowest BCUT2D eigenvalue weighted by atomic mass is 9.57. The Morgan fingerprint density at radius 1 is 1.42 bits per heavy atom. The number of rotatable bonds is 3. The number of hydrogen-bond acceptors (Lipinski definition) is 3. The Morgan fingerprint density at radius 2 is 2.11 bits per heavy atom. The predicted octanol–water partition coefficient (Wildman–Crippen LogP) is 2.46. The molecule has 4 rings (SSSR count). The Labute approximate surface area is 116 Å². The van der Waals surface area contributed by atoms with E-state index in [0.717, 1.165) is 12.8 Å². The Bertz CT molecular complexity index is 479. The molecule has 4 aliphatic rings. The van der Waals surface area contributed by atoms with Crippen molar-refractivity contribution < 1.29 is 9.31 Å². The van der Waals surface area contributed by atoms with Gasteiger partial charge >= 0.3 is 7.12 Å². The van der Waals surface area contributed by atoms with Crippen molar-refractivity contribution in [2.45, 2.75) is 65.1 Å². The molecular weight excluding hydrogens is 237 g/mol. The van der Waals surface area contributed by atoms with Crippen LogP contribution in [0.25, 0.3) is 0 Å². The highest BCUT2D eigenvalue weighted by Gasteiger charge is 2.61. The number of nitrogens with two attached hydrogens (primary N) is 1. The van der Waals surface area contributed by atoms with Crippen molar-refractivity contribution in [1.82, 2.24) is 0 Å². The molecule has 1 saturated carbocycles. The van der Waals surface area contributed by atoms with Crippen molar-refractivity contribution in [2.24, 2.45) is 17.1 Å². The highest BCUT2D eigenvalue weighted by Crippen LogP contribution is 2.58. The van der Waals surface area contributed by atoms with Gasteiger partial charge in [0, 0.05) is 23.4 Å². The lowest BCUT2D eigenvalue weighted by Gasteiger charge is -2.51. The minimum absolute atomic E-state index is 0.0478. The smallest absolute Gasteiger partial charge is 0.404 e. The zero-order valence-electron chi connectivity index (χ0n) is 12.6. The molecule has 0 aromatic carbocycles. The highest BCUT2D eigenvalue weighted by atomic mass is 16.7. The summed E-state index contributed by atoms with van der Waals surface area (Å²) >= 11 is 0. The highest BCUT2D eigenvalue weighted by molar-refractivity contribution is 6.47. The second-order valence-electron chi connectivity index (χ2n) is 7.32. The average Bonchev–Trinajstić information content (AvgIpc) is 2.64. The molecule has 1 saturated heterocycles. The van der Waals surface area contributed by atoms with E-state index in [9.17, 15) is 0 Å². The van der Waals surface area contributed by atoms with E-state index in [-0.39, 0.29) is 30.2 Å². The summed E-state index contributed by atoms with van der Waals surface area (Å²) in [5, 5.41) is 0. The van der Waals surface area contributed by atoms with E-state index in [1.54, 1.807) is 0 Å². The summed E-state index contributed by atoms with van der Waals surface area (Å²) in [6, 6.07) is 0. The predicted molar refractivity (Wildman–Crippen MR) is 76.5 cm³/mol. The molecule has 2 fully saturated rings. The second-order valence-corrected chi connectivity index (χ2v) is 7.32. The van der Waals surface area contributed by atoms with Crippen LogP contribution >= 0.6 is 0 Å². The van der Waals surface area contributed by atoms with Gasteiger partial charge in [-0.25, -0.2) is 0 Å². The summed E-state index contributed by atoms with van der Waals surface area (Å²) in [5.41, 5.74) is 12.1. The van der Waals surface area contributed by atoms with E-state index in [1.807, 2.05) is 0 Å². The standard InChI is InChI=1S/C15H24BNO2/c1-9(2)6-13(17)16-18-12-8-10-7-11(14(10,3)4)15(12,5)19-16/h9,12-13H,6,8,17H2,1-5H3/t12-,13+,15+/m1/s1. The van der Waals surface area contributed by atoms with E-state index in [2.05, 4.69) is 40.3 Å². The largest absolute Gasteiger partial charge is 0.475 e. The molecule has 0 amide bonds. The lowest BCUT2D eigenvalue weighted by Crippen LogP contribution is -2.52. The fourth-order valence-corrected chi connectivity index (χ4v) is 3.73. The first-order valence-electron chi connectivity index (χ1n) is 7.35. The third-order valence-corrected chi connectivity index (χ3v) is 4.91. The van der Waals surface area contributed by atoms with E-state index in [0.29, 0.717) is 5.92 Å². The molecule has 104 valence electrons. The third-order valence-electron chi connectivity index (χ3n) is 4.91. The molecule has 2 bridgehead atoms. The molecule has 3 aliphatic carbocycles. The van der Waals surface area contributed by atoms with Gasteiger partial charge in [0.25, 0.3) is 0 Å². The van der Waals surface area contributed by atoms with Crippen LogP contribution < -0.4 is 5.73 Å². The minimum atomic E-state index is -0.329. The lowest BCUT2D eigenvalue weighted by molar-refractivity contribution is 0.0445. The van der Waals surface area contributed by atoms with Crippen molar-refractivity contribution in [3.63, 3.8) is 0 Å². The van der Waals surface area contributed by atoms with Crippen LogP contribution in [0.5, 0.6) is 0 Å². The maximum absolute atomic E-state index is 6.24. The third kappa shape index (κ3) is 1.78. The van der Waals surface area contributed by atoms with Gasteiger partial charge in [-0.3, -0.25) is 0 Å². The molecular formula is C15H24BNO2. The summed E-state index contributed by atoms with van der Waals surface area (Å²) in [7, 11) is -0.276. The van der Waals surface area contributed by atoms with Crippen LogP contribution in [0.1, 0.15) is 47.5 Å². The van der Waals surface area contributed by atoms with Gasteiger partial charge in [-0.15, -0.1) is 5.73 Å². The van der Waals surface area contributed by atoms with Crippen molar-refractivity contribution in [3.8, 4) is 0 Å². The van der Waals surface area contributed by atoms with Gasteiger partial charge in [-0.2, -0.15) is 0 Å². The quantitative estimate of drug-likeness (QED) is 0.627. The van der Waals surface area contributed by atoms with Crippen LogP contribution in [0.4, 0.5) is 0 Å². The normalized spacial score (nSPS) is 36.6. The van der Waals surface area contributed by atoms with E-state index in [1.165, 1.54) is 11.1 Å². The summed E-state index contributed by atoms with van der Waals surface area (Å²) in [5.74, 6) is 0.510. The minimum Gasteiger partial charge on any atom is -0.404 e. The van der Waals surface area contributed by atoms with Crippen LogP contribution in [-0.2, 0) is 9.31 Å². The molecule has 2 N–H and O–H groups in total. The zero-order chi connectivity index (χ0) is 14.0. The van der Waals surface area contributed by atoms with Crippen LogP contribution in [0.3, 0.4) is 0 Å². The van der Waals surface area contributed by atoms with Gasteiger partial charge in [0.15, 0.2) is 0 Å². The van der Waals surface area contributed by atoms with Gasteiger partial charge in [0.1, 0.15) is 5.60 Å². The van der Waals surface area contributed by atoms with E-state index >= 15 is 0 Å². The first kappa shape index (κ1) is 13.4. The van der Waals surface area contributed by atoms with Gasteiger partial charge in [0.2, 0.25) is 0 Å². The van der Waals surface area contributed by atoms with Crippen molar-refractivity contribution in [1.29, 1.82) is 0 Å². The molecule has 3 atom stereocenters. The van der Waals surface area contributed by atoms with Crippen molar-refractivity contribution in [2.75, 3.05) is 0 Å². The van der Waals surface area contributed by atoms with Gasteiger partial charge in [-0.1, -0.05) is 27.7 Å². The van der Waals surface area contributed by atoms with Gasteiger partial charge in [0.05, 0.1) is 6.10 Å². The average molecular weight is 261 g/mol. The Balaban J connectivity index is 1.78. The molecule has 1 heterocycles. The topological polar surface area (TPSA) is 44.5 Å².